The van der Waals surface area contributed by atoms with E-state index in [2.05, 4.69) is 9.72 Å². The van der Waals surface area contributed by atoms with Gasteiger partial charge in [-0.15, -0.1) is 0 Å². The van der Waals surface area contributed by atoms with Gasteiger partial charge in [-0.05, 0) is 73.5 Å². The zero-order valence-corrected chi connectivity index (χ0v) is 32.0. The SMILES string of the molecule is NC(=O)CC[C@H](N)C(=O)OC(=O)[C@@H](N)Cc1c[nH]c2ccccc12.NCCCC[C@H](N)C(=O)Oc1ccc(C[C@H](N)C(=O)O)cc1.N[C@@H](Cc1ccccc1)C(=O)O. The molecule has 1 aromatic heterocycles. The van der Waals surface area contributed by atoms with E-state index < -0.39 is 66.0 Å². The lowest BCUT2D eigenvalue weighted by atomic mass is 10.1. The van der Waals surface area contributed by atoms with Crippen LogP contribution in [-0.4, -0.2) is 87.7 Å². The van der Waals surface area contributed by atoms with Crippen molar-refractivity contribution in [2.75, 3.05) is 6.54 Å². The van der Waals surface area contributed by atoms with Crippen LogP contribution in [0.4, 0.5) is 0 Å². The van der Waals surface area contributed by atoms with Crippen LogP contribution in [0.2, 0.25) is 0 Å². The van der Waals surface area contributed by atoms with E-state index in [4.69, 9.17) is 55.1 Å². The van der Waals surface area contributed by atoms with Crippen molar-refractivity contribution >= 4 is 46.7 Å². The molecule has 18 heteroatoms. The second-order valence-electron chi connectivity index (χ2n) is 13.3. The smallest absolute Gasteiger partial charge is 0.330 e. The van der Waals surface area contributed by atoms with Gasteiger partial charge in [0.25, 0.3) is 0 Å². The van der Waals surface area contributed by atoms with Crippen LogP contribution >= 0.6 is 0 Å². The van der Waals surface area contributed by atoms with E-state index in [0.717, 1.165) is 40.4 Å². The summed E-state index contributed by atoms with van der Waals surface area (Å²) in [5, 5.41) is 18.2. The molecule has 4 rings (SSSR count). The molecule has 314 valence electrons. The van der Waals surface area contributed by atoms with Gasteiger partial charge in [-0.3, -0.25) is 14.4 Å². The maximum Gasteiger partial charge on any atom is 0.330 e. The van der Waals surface area contributed by atoms with E-state index >= 15 is 0 Å². The normalized spacial score (nSPS) is 13.2. The van der Waals surface area contributed by atoms with Crippen LogP contribution in [0.25, 0.3) is 10.9 Å². The van der Waals surface area contributed by atoms with Crippen molar-refractivity contribution in [2.45, 2.75) is 81.6 Å². The number of hydrogen-bond donors (Lipinski definition) is 10. The van der Waals surface area contributed by atoms with Crippen molar-refractivity contribution in [3.63, 3.8) is 0 Å². The molecule has 1 amide bonds. The molecule has 3 aromatic carbocycles. The minimum Gasteiger partial charge on any atom is -0.480 e. The third-order valence-electron chi connectivity index (χ3n) is 8.43. The van der Waals surface area contributed by atoms with Gasteiger partial charge in [-0.25, -0.2) is 14.4 Å². The number of fused-ring (bicyclic) bond motifs is 1. The highest BCUT2D eigenvalue weighted by Gasteiger charge is 2.24. The van der Waals surface area contributed by atoms with Crippen molar-refractivity contribution in [3.05, 3.63) is 102 Å². The first kappa shape index (κ1) is 48.1. The molecule has 0 aliphatic heterocycles. The molecule has 0 spiro atoms. The van der Waals surface area contributed by atoms with Crippen LogP contribution in [0.3, 0.4) is 0 Å². The van der Waals surface area contributed by atoms with Crippen LogP contribution in [0.1, 0.15) is 48.8 Å². The molecule has 58 heavy (non-hydrogen) atoms. The fraction of sp³-hybridized carbons (Fsp3) is 0.350. The van der Waals surface area contributed by atoms with Crippen molar-refractivity contribution in [1.82, 2.24) is 4.98 Å². The molecule has 0 aliphatic carbocycles. The number of primary amides is 1. The Morgan fingerprint density at radius 2 is 1.14 bits per heavy atom. The Labute approximate surface area is 335 Å². The number of amides is 1. The fourth-order valence-electron chi connectivity index (χ4n) is 5.10. The number of aromatic amines is 1. The van der Waals surface area contributed by atoms with Gasteiger partial charge in [0.1, 0.15) is 36.0 Å². The zero-order valence-electron chi connectivity index (χ0n) is 32.0. The van der Waals surface area contributed by atoms with Gasteiger partial charge < -0.3 is 64.8 Å². The Morgan fingerprint density at radius 3 is 1.71 bits per heavy atom. The van der Waals surface area contributed by atoms with Crippen LogP contribution in [0.5, 0.6) is 5.75 Å². The summed E-state index contributed by atoms with van der Waals surface area (Å²) in [7, 11) is 0. The number of esters is 3. The summed E-state index contributed by atoms with van der Waals surface area (Å²) >= 11 is 0. The standard InChI is InChI=1S/C16H20N4O4.C15H23N3O4.C9H11NO2/c17-11(5-6-14(19)21)15(22)24-16(23)12(18)7-9-8-20-13-4-2-1-3-10(9)13;16-8-2-1-3-12(17)15(21)22-11-6-4-10(5-7-11)9-13(18)14(19)20;10-8(9(11)12)6-7-4-2-1-3-5-7/h1-4,8,11-12,20H,5-7,17-18H2,(H2,19,21);4-7,12-13H,1-3,8-9,16-18H2,(H,19,20);1-5,8H,6,10H2,(H,11,12)/t11-,12-;12-,13-;8-/m000/s1. The molecule has 0 fully saturated rings. The van der Waals surface area contributed by atoms with Gasteiger partial charge in [-0.2, -0.15) is 0 Å². The van der Waals surface area contributed by atoms with Gasteiger partial charge in [0, 0.05) is 29.9 Å². The highest BCUT2D eigenvalue weighted by Crippen LogP contribution is 2.19. The van der Waals surface area contributed by atoms with Gasteiger partial charge >= 0.3 is 29.8 Å². The number of rotatable bonds is 19. The lowest BCUT2D eigenvalue weighted by Gasteiger charge is -2.13. The molecule has 0 aliphatic rings. The predicted molar refractivity (Wildman–Crippen MR) is 216 cm³/mol. The average molecular weight is 807 g/mol. The molecule has 1 heterocycles. The summed E-state index contributed by atoms with van der Waals surface area (Å²) in [5.41, 5.74) is 41.7. The first-order valence-corrected chi connectivity index (χ1v) is 18.4. The number of aromatic nitrogens is 1. The molecule has 5 atom stereocenters. The number of nitrogens with one attached hydrogen (secondary N) is 1. The van der Waals surface area contributed by atoms with Gasteiger partial charge in [0.2, 0.25) is 5.91 Å². The monoisotopic (exact) mass is 806 g/mol. The number of para-hydroxylation sites is 1. The highest BCUT2D eigenvalue weighted by atomic mass is 16.6. The third-order valence-corrected chi connectivity index (χ3v) is 8.43. The van der Waals surface area contributed by atoms with Crippen molar-refractivity contribution in [3.8, 4) is 5.75 Å². The molecule has 0 saturated carbocycles. The Hall–Kier alpha value is -6.02. The summed E-state index contributed by atoms with van der Waals surface area (Å²) in [6.45, 7) is 0.571. The Kier molecular flexibility index (Phi) is 21.0. The number of carbonyl (C=O) groups excluding carboxylic acids is 4. The van der Waals surface area contributed by atoms with Crippen molar-refractivity contribution in [2.24, 2.45) is 40.1 Å². The fourth-order valence-corrected chi connectivity index (χ4v) is 5.10. The molecule has 0 saturated heterocycles. The van der Waals surface area contributed by atoms with Gasteiger partial charge in [-0.1, -0.05) is 67.1 Å². The Bertz CT molecular complexity index is 1920. The van der Waals surface area contributed by atoms with E-state index in [1.807, 2.05) is 54.6 Å². The summed E-state index contributed by atoms with van der Waals surface area (Å²) in [5.74, 6) is -4.51. The number of H-pyrrole nitrogens is 1. The molecule has 0 unspecified atom stereocenters. The molecule has 18 nitrogen and oxygen atoms in total. The van der Waals surface area contributed by atoms with Crippen LogP contribution < -0.4 is 44.9 Å². The largest absolute Gasteiger partial charge is 0.480 e. The number of carboxylic acid groups (broad SMARTS) is 2. The third kappa shape index (κ3) is 17.8. The van der Waals surface area contributed by atoms with Crippen LogP contribution in [-0.2, 0) is 52.8 Å². The molecule has 4 aromatic rings. The molecule has 0 bridgehead atoms. The first-order valence-electron chi connectivity index (χ1n) is 18.4. The van der Waals surface area contributed by atoms with Crippen LogP contribution in [0, 0.1) is 0 Å². The number of carboxylic acids is 2. The number of hydrogen-bond acceptors (Lipinski definition) is 14. The van der Waals surface area contributed by atoms with E-state index in [0.29, 0.717) is 25.1 Å². The number of unbranched alkanes of at least 4 members (excludes halogenated alkanes) is 1. The number of carbonyl (C=O) groups is 6. The van der Waals surface area contributed by atoms with Gasteiger partial charge in [0.05, 0.1) is 0 Å². The molecular weight excluding hydrogens is 752 g/mol. The summed E-state index contributed by atoms with van der Waals surface area (Å²) in [4.78, 5) is 70.2. The predicted octanol–water partition coefficient (Wildman–Crippen LogP) is 0.344. The molecule has 17 N–H and O–H groups in total. The average Bonchev–Trinajstić information content (AvgIpc) is 3.60. The topological polar surface area (TPSA) is 359 Å². The maximum absolute atomic E-state index is 11.9. The quantitative estimate of drug-likeness (QED) is 0.0264. The zero-order chi connectivity index (χ0) is 43.2. The minimum absolute atomic E-state index is 0.0130. The number of nitrogens with two attached hydrogens (primary N) is 7. The molecule has 0 radical (unpaired) electrons. The maximum atomic E-state index is 11.9. The summed E-state index contributed by atoms with van der Waals surface area (Å²) in [6.07, 6.45) is 4.65. The number of ether oxygens (including phenoxy) is 2. The highest BCUT2D eigenvalue weighted by molar-refractivity contribution is 5.92. The summed E-state index contributed by atoms with van der Waals surface area (Å²) in [6, 6.07) is 18.9. The Balaban J connectivity index is 0.000000316. The van der Waals surface area contributed by atoms with E-state index in [1.165, 1.54) is 0 Å². The lowest BCUT2D eigenvalue weighted by molar-refractivity contribution is -0.161. The minimum atomic E-state index is -1.10. The Morgan fingerprint density at radius 1 is 0.603 bits per heavy atom. The second kappa shape index (κ2) is 25.3. The molecular formula is C40H54N8O10. The van der Waals surface area contributed by atoms with Crippen molar-refractivity contribution in [1.29, 1.82) is 0 Å². The van der Waals surface area contributed by atoms with E-state index in [-0.39, 0.29) is 25.7 Å². The number of aliphatic carboxylic acids is 2. The van der Waals surface area contributed by atoms with Crippen molar-refractivity contribution < 1.29 is 48.5 Å². The first-order chi connectivity index (χ1) is 27.5. The second-order valence-corrected chi connectivity index (χ2v) is 13.3. The van der Waals surface area contributed by atoms with E-state index in [9.17, 15) is 28.8 Å². The van der Waals surface area contributed by atoms with Crippen LogP contribution in [0.15, 0.2) is 85.1 Å². The summed E-state index contributed by atoms with van der Waals surface area (Å²) < 4.78 is 9.85. The lowest BCUT2D eigenvalue weighted by Crippen LogP contribution is -2.40. The van der Waals surface area contributed by atoms with Gasteiger partial charge in [0.15, 0.2) is 0 Å². The number of benzene rings is 3. The van der Waals surface area contributed by atoms with E-state index in [1.54, 1.807) is 30.5 Å².